The predicted molar refractivity (Wildman–Crippen MR) is 130 cm³/mol. The van der Waals surface area contributed by atoms with Gasteiger partial charge in [-0.3, -0.25) is 19.8 Å². The van der Waals surface area contributed by atoms with Crippen molar-refractivity contribution < 1.29 is 18.6 Å². The van der Waals surface area contributed by atoms with Crippen molar-refractivity contribution in [1.29, 1.82) is 0 Å². The lowest BCUT2D eigenvalue weighted by Gasteiger charge is -2.37. The number of benzene rings is 2. The van der Waals surface area contributed by atoms with Crippen molar-refractivity contribution in [2.24, 2.45) is 0 Å². The first kappa shape index (κ1) is 23.9. The molecule has 11 heteroatoms. The molecule has 1 aromatic heterocycles. The van der Waals surface area contributed by atoms with Crippen molar-refractivity contribution >= 4 is 17.3 Å². The monoisotopic (exact) mass is 494 g/mol. The van der Waals surface area contributed by atoms with E-state index in [4.69, 9.17) is 4.52 Å². The van der Waals surface area contributed by atoms with Gasteiger partial charge in [0.2, 0.25) is 17.6 Å². The Morgan fingerprint density at radius 3 is 2.58 bits per heavy atom. The van der Waals surface area contributed by atoms with Gasteiger partial charge in [-0.25, -0.2) is 4.39 Å². The lowest BCUT2D eigenvalue weighted by Crippen LogP contribution is -2.52. The quantitative estimate of drug-likeness (QED) is 0.379. The summed E-state index contributed by atoms with van der Waals surface area (Å²) in [5.74, 6) is 0.719. The topological polar surface area (TPSA) is 109 Å². The highest BCUT2D eigenvalue weighted by molar-refractivity contribution is 5.78. The molecular formula is C25H27FN6O4. The van der Waals surface area contributed by atoms with E-state index in [1.807, 2.05) is 9.80 Å². The second-order valence-corrected chi connectivity index (χ2v) is 9.15. The van der Waals surface area contributed by atoms with Crippen molar-refractivity contribution in [3.63, 3.8) is 0 Å². The molecule has 2 aromatic carbocycles. The Kier molecular flexibility index (Phi) is 6.90. The van der Waals surface area contributed by atoms with E-state index in [0.29, 0.717) is 62.2 Å². The number of carbonyl (C=O) groups excluding carboxylic acids is 1. The zero-order valence-corrected chi connectivity index (χ0v) is 19.8. The van der Waals surface area contributed by atoms with Gasteiger partial charge in [-0.05, 0) is 49.7 Å². The molecule has 5 rings (SSSR count). The average Bonchev–Trinajstić information content (AvgIpc) is 3.40. The Balaban J connectivity index is 1.15. The van der Waals surface area contributed by atoms with Crippen molar-refractivity contribution in [2.75, 3.05) is 50.7 Å². The average molecular weight is 495 g/mol. The van der Waals surface area contributed by atoms with E-state index in [9.17, 15) is 19.3 Å². The fourth-order valence-electron chi connectivity index (χ4n) is 4.89. The van der Waals surface area contributed by atoms with Crippen LogP contribution in [-0.4, -0.2) is 76.6 Å². The SMILES string of the molecule is O=C(CN1CCCC(c2nc(-c3ccc(F)cc3)no2)C1)N1CCN(c2ccccc2[N+](=O)[O-])CC1. The third-order valence-corrected chi connectivity index (χ3v) is 6.81. The van der Waals surface area contributed by atoms with E-state index in [-0.39, 0.29) is 28.3 Å². The molecule has 2 aliphatic heterocycles. The molecule has 2 aliphatic rings. The molecule has 0 aliphatic carbocycles. The van der Waals surface area contributed by atoms with Crippen molar-refractivity contribution in [3.05, 3.63) is 70.4 Å². The number of rotatable bonds is 6. The van der Waals surface area contributed by atoms with Crippen LogP contribution in [0.15, 0.2) is 53.1 Å². The lowest BCUT2D eigenvalue weighted by molar-refractivity contribution is -0.384. The summed E-state index contributed by atoms with van der Waals surface area (Å²) in [7, 11) is 0. The molecule has 2 saturated heterocycles. The van der Waals surface area contributed by atoms with Crippen molar-refractivity contribution in [1.82, 2.24) is 19.9 Å². The van der Waals surface area contributed by atoms with Gasteiger partial charge >= 0.3 is 0 Å². The Morgan fingerprint density at radius 2 is 1.83 bits per heavy atom. The van der Waals surface area contributed by atoms with Gasteiger partial charge in [0.15, 0.2) is 0 Å². The van der Waals surface area contributed by atoms with E-state index < -0.39 is 0 Å². The van der Waals surface area contributed by atoms with Gasteiger partial charge in [-0.15, -0.1) is 0 Å². The van der Waals surface area contributed by atoms with Crippen molar-refractivity contribution in [2.45, 2.75) is 18.8 Å². The number of hydrogen-bond donors (Lipinski definition) is 0. The van der Waals surface area contributed by atoms with Gasteiger partial charge in [-0.1, -0.05) is 17.3 Å². The zero-order chi connectivity index (χ0) is 25.1. The van der Waals surface area contributed by atoms with Gasteiger partial charge in [0.25, 0.3) is 5.69 Å². The first-order valence-corrected chi connectivity index (χ1v) is 12.1. The summed E-state index contributed by atoms with van der Waals surface area (Å²) >= 11 is 0. The molecule has 188 valence electrons. The molecule has 1 unspecified atom stereocenters. The molecule has 0 bridgehead atoms. The highest BCUT2D eigenvalue weighted by atomic mass is 19.1. The van der Waals surface area contributed by atoms with E-state index >= 15 is 0 Å². The van der Waals surface area contributed by atoms with Gasteiger partial charge in [-0.2, -0.15) is 4.98 Å². The number of carbonyl (C=O) groups is 1. The number of anilines is 1. The number of para-hydroxylation sites is 2. The van der Waals surface area contributed by atoms with E-state index in [1.165, 1.54) is 18.2 Å². The van der Waals surface area contributed by atoms with Crippen LogP contribution >= 0.6 is 0 Å². The predicted octanol–water partition coefficient (Wildman–Crippen LogP) is 3.31. The van der Waals surface area contributed by atoms with Crippen LogP contribution in [0.4, 0.5) is 15.8 Å². The van der Waals surface area contributed by atoms with Crippen LogP contribution < -0.4 is 4.90 Å². The third-order valence-electron chi connectivity index (χ3n) is 6.81. The minimum Gasteiger partial charge on any atom is -0.362 e. The van der Waals surface area contributed by atoms with Crippen LogP contribution in [0.3, 0.4) is 0 Å². The first-order valence-electron chi connectivity index (χ1n) is 12.1. The van der Waals surface area contributed by atoms with Gasteiger partial charge in [0.05, 0.1) is 17.4 Å². The van der Waals surface area contributed by atoms with E-state index in [2.05, 4.69) is 15.0 Å². The number of piperidine rings is 1. The molecule has 0 saturated carbocycles. The zero-order valence-electron chi connectivity index (χ0n) is 19.8. The highest BCUT2D eigenvalue weighted by Crippen LogP contribution is 2.29. The maximum absolute atomic E-state index is 13.2. The standard InChI is InChI=1S/C25H27FN6O4/c26-20-9-7-18(8-10-20)24-27-25(36-28-24)19-4-3-11-29(16-19)17-23(33)31-14-12-30(13-15-31)21-5-1-2-6-22(21)32(34)35/h1-2,5-10,19H,3-4,11-17H2. The van der Waals surface area contributed by atoms with Crippen LogP contribution in [0.2, 0.25) is 0 Å². The molecule has 0 radical (unpaired) electrons. The molecule has 36 heavy (non-hydrogen) atoms. The van der Waals surface area contributed by atoms with Crippen LogP contribution in [0.5, 0.6) is 0 Å². The Hall–Kier alpha value is -3.86. The van der Waals surface area contributed by atoms with Gasteiger partial charge < -0.3 is 14.3 Å². The summed E-state index contributed by atoms with van der Waals surface area (Å²) in [5.41, 5.74) is 1.36. The molecular weight excluding hydrogens is 467 g/mol. The molecule has 3 aromatic rings. The largest absolute Gasteiger partial charge is 0.362 e. The number of likely N-dealkylation sites (tertiary alicyclic amines) is 1. The van der Waals surface area contributed by atoms with Crippen LogP contribution in [0, 0.1) is 15.9 Å². The first-order chi connectivity index (χ1) is 17.5. The second kappa shape index (κ2) is 10.4. The highest BCUT2D eigenvalue weighted by Gasteiger charge is 2.30. The summed E-state index contributed by atoms with van der Waals surface area (Å²) in [5, 5.41) is 15.4. The van der Waals surface area contributed by atoms with E-state index in [1.54, 1.807) is 30.3 Å². The summed E-state index contributed by atoms with van der Waals surface area (Å²) in [4.78, 5) is 34.4. The molecule has 2 fully saturated rings. The molecule has 1 amide bonds. The molecule has 10 nitrogen and oxygen atoms in total. The molecule has 0 N–H and O–H groups in total. The van der Waals surface area contributed by atoms with Gasteiger partial charge in [0, 0.05) is 44.4 Å². The Labute approximate surface area is 207 Å². The third kappa shape index (κ3) is 5.20. The van der Waals surface area contributed by atoms with Gasteiger partial charge in [0.1, 0.15) is 11.5 Å². The Bertz CT molecular complexity index is 1230. The number of aromatic nitrogens is 2. The number of halogens is 1. The molecule has 0 spiro atoms. The van der Waals surface area contributed by atoms with Crippen LogP contribution in [0.1, 0.15) is 24.7 Å². The smallest absolute Gasteiger partial charge is 0.292 e. The summed E-state index contributed by atoms with van der Waals surface area (Å²) in [6.07, 6.45) is 1.81. The number of nitrogens with zero attached hydrogens (tertiary/aromatic N) is 6. The maximum atomic E-state index is 13.2. The minimum atomic E-state index is -0.369. The maximum Gasteiger partial charge on any atom is 0.292 e. The van der Waals surface area contributed by atoms with E-state index in [0.717, 1.165) is 19.4 Å². The summed E-state index contributed by atoms with van der Waals surface area (Å²) in [6.45, 7) is 3.91. The number of nitro groups is 1. The van der Waals surface area contributed by atoms with Crippen LogP contribution in [0.25, 0.3) is 11.4 Å². The molecule has 1 atom stereocenters. The number of piperazine rings is 1. The summed E-state index contributed by atoms with van der Waals surface area (Å²) in [6, 6.07) is 12.7. The Morgan fingerprint density at radius 1 is 1.08 bits per heavy atom. The fourth-order valence-corrected chi connectivity index (χ4v) is 4.89. The fraction of sp³-hybridized carbons (Fsp3) is 0.400. The lowest BCUT2D eigenvalue weighted by atomic mass is 9.98. The molecule has 3 heterocycles. The summed E-state index contributed by atoms with van der Waals surface area (Å²) < 4.78 is 18.7. The normalized spacial score (nSPS) is 18.9. The minimum absolute atomic E-state index is 0.0312. The number of hydrogen-bond acceptors (Lipinski definition) is 8. The van der Waals surface area contributed by atoms with Crippen molar-refractivity contribution in [3.8, 4) is 11.4 Å². The van der Waals surface area contributed by atoms with Crippen LogP contribution in [-0.2, 0) is 4.79 Å². The number of amides is 1. The second-order valence-electron chi connectivity index (χ2n) is 9.15. The number of nitro benzene ring substituents is 1.